The summed E-state index contributed by atoms with van der Waals surface area (Å²) in [6.07, 6.45) is 0. The van der Waals surface area contributed by atoms with Crippen LogP contribution in [0.5, 0.6) is 0 Å². The number of aromatic nitrogens is 1. The molecular formula is C15H15N3O. The van der Waals surface area contributed by atoms with E-state index in [1.165, 1.54) is 5.56 Å². The number of fused-ring (bicyclic) bond motifs is 1. The zero-order valence-corrected chi connectivity index (χ0v) is 10.6. The molecule has 0 saturated carbocycles. The number of nitrogens with zero attached hydrogens (tertiary/aromatic N) is 1. The van der Waals surface area contributed by atoms with Gasteiger partial charge in [0.25, 0.3) is 6.01 Å². The highest BCUT2D eigenvalue weighted by Crippen LogP contribution is 2.24. The van der Waals surface area contributed by atoms with Crippen molar-refractivity contribution in [2.45, 2.75) is 13.0 Å². The van der Waals surface area contributed by atoms with Gasteiger partial charge < -0.3 is 15.5 Å². The first kappa shape index (κ1) is 11.6. The molecule has 0 aliphatic heterocycles. The summed E-state index contributed by atoms with van der Waals surface area (Å²) in [6, 6.07) is 16.2. The van der Waals surface area contributed by atoms with E-state index in [1.807, 2.05) is 24.3 Å². The van der Waals surface area contributed by atoms with Gasteiger partial charge in [-0.05, 0) is 30.7 Å². The van der Waals surface area contributed by atoms with Crippen LogP contribution in [0.2, 0.25) is 0 Å². The van der Waals surface area contributed by atoms with Crippen molar-refractivity contribution in [3.63, 3.8) is 0 Å². The molecule has 1 aromatic heterocycles. The fourth-order valence-electron chi connectivity index (χ4n) is 2.02. The van der Waals surface area contributed by atoms with Crippen LogP contribution in [0.3, 0.4) is 0 Å². The number of hydrogen-bond acceptors (Lipinski definition) is 4. The normalized spacial score (nSPS) is 12.5. The van der Waals surface area contributed by atoms with E-state index in [0.717, 1.165) is 11.1 Å². The molecule has 4 heteroatoms. The standard InChI is InChI=1S/C15H15N3O/c1-10(11-5-3-2-4-6-11)17-15-18-13-9-12(16)7-8-14(13)19-15/h2-10H,16H2,1H3,(H,17,18). The molecule has 1 unspecified atom stereocenters. The van der Waals surface area contributed by atoms with Crippen LogP contribution in [-0.4, -0.2) is 4.98 Å². The summed E-state index contributed by atoms with van der Waals surface area (Å²) >= 11 is 0. The first-order chi connectivity index (χ1) is 9.22. The van der Waals surface area contributed by atoms with Gasteiger partial charge in [0.15, 0.2) is 5.58 Å². The molecule has 1 heterocycles. The second-order valence-electron chi connectivity index (χ2n) is 4.52. The van der Waals surface area contributed by atoms with Crippen molar-refractivity contribution < 1.29 is 4.42 Å². The largest absolute Gasteiger partial charge is 0.424 e. The van der Waals surface area contributed by atoms with Crippen molar-refractivity contribution in [2.75, 3.05) is 11.1 Å². The van der Waals surface area contributed by atoms with Gasteiger partial charge in [-0.15, -0.1) is 0 Å². The molecule has 3 aromatic rings. The van der Waals surface area contributed by atoms with E-state index in [9.17, 15) is 0 Å². The number of oxazole rings is 1. The van der Waals surface area contributed by atoms with Crippen LogP contribution in [0.25, 0.3) is 11.1 Å². The van der Waals surface area contributed by atoms with Crippen LogP contribution in [-0.2, 0) is 0 Å². The van der Waals surface area contributed by atoms with Gasteiger partial charge in [-0.25, -0.2) is 0 Å². The van der Waals surface area contributed by atoms with Gasteiger partial charge in [0.05, 0.1) is 6.04 Å². The van der Waals surface area contributed by atoms with Crippen molar-refractivity contribution in [3.8, 4) is 0 Å². The Kier molecular flexibility index (Phi) is 2.83. The maximum atomic E-state index is 5.72. The van der Waals surface area contributed by atoms with Crippen LogP contribution in [0, 0.1) is 0 Å². The summed E-state index contributed by atoms with van der Waals surface area (Å²) in [5.41, 5.74) is 9.09. The Bertz CT molecular complexity index is 691. The van der Waals surface area contributed by atoms with Crippen LogP contribution in [0.4, 0.5) is 11.7 Å². The molecule has 96 valence electrons. The number of anilines is 2. The predicted molar refractivity (Wildman–Crippen MR) is 76.9 cm³/mol. The number of benzene rings is 2. The smallest absolute Gasteiger partial charge is 0.296 e. The third-order valence-electron chi connectivity index (χ3n) is 3.05. The summed E-state index contributed by atoms with van der Waals surface area (Å²) in [6.45, 7) is 2.07. The lowest BCUT2D eigenvalue weighted by molar-refractivity contribution is 0.604. The van der Waals surface area contributed by atoms with Crippen LogP contribution in [0.1, 0.15) is 18.5 Å². The Morgan fingerprint density at radius 2 is 1.95 bits per heavy atom. The Balaban J connectivity index is 1.85. The average Bonchev–Trinajstić information content (AvgIpc) is 2.81. The first-order valence-corrected chi connectivity index (χ1v) is 6.20. The minimum atomic E-state index is 0.131. The SMILES string of the molecule is CC(Nc1nc2cc(N)ccc2o1)c1ccccc1. The second kappa shape index (κ2) is 4.65. The Labute approximate surface area is 111 Å². The summed E-state index contributed by atoms with van der Waals surface area (Å²) in [7, 11) is 0. The fourth-order valence-corrected chi connectivity index (χ4v) is 2.02. The molecule has 0 fully saturated rings. The molecule has 4 nitrogen and oxygen atoms in total. The number of nitrogens with two attached hydrogens (primary N) is 1. The molecule has 1 atom stereocenters. The highest BCUT2D eigenvalue weighted by Gasteiger charge is 2.10. The molecule has 3 N–H and O–H groups in total. The number of rotatable bonds is 3. The summed E-state index contributed by atoms with van der Waals surface area (Å²) in [5.74, 6) is 0. The summed E-state index contributed by atoms with van der Waals surface area (Å²) < 4.78 is 5.64. The van der Waals surface area contributed by atoms with E-state index in [0.29, 0.717) is 11.7 Å². The molecular weight excluding hydrogens is 238 g/mol. The molecule has 0 saturated heterocycles. The van der Waals surface area contributed by atoms with Crippen molar-refractivity contribution in [1.82, 2.24) is 4.98 Å². The predicted octanol–water partition coefficient (Wildman–Crippen LogP) is 3.58. The molecule has 0 bridgehead atoms. The highest BCUT2D eigenvalue weighted by atomic mass is 16.4. The molecule has 0 aliphatic rings. The monoisotopic (exact) mass is 253 g/mol. The lowest BCUT2D eigenvalue weighted by Gasteiger charge is -2.11. The zero-order chi connectivity index (χ0) is 13.2. The quantitative estimate of drug-likeness (QED) is 0.700. The lowest BCUT2D eigenvalue weighted by atomic mass is 10.1. The minimum Gasteiger partial charge on any atom is -0.424 e. The van der Waals surface area contributed by atoms with E-state index in [-0.39, 0.29) is 6.04 Å². The maximum Gasteiger partial charge on any atom is 0.296 e. The van der Waals surface area contributed by atoms with Crippen molar-refractivity contribution in [3.05, 3.63) is 54.1 Å². The van der Waals surface area contributed by atoms with Crippen LogP contribution < -0.4 is 11.1 Å². The van der Waals surface area contributed by atoms with Crippen LogP contribution >= 0.6 is 0 Å². The van der Waals surface area contributed by atoms with Crippen LogP contribution in [0.15, 0.2) is 52.9 Å². The highest BCUT2D eigenvalue weighted by molar-refractivity contribution is 5.78. The number of nitrogen functional groups attached to an aromatic ring is 1. The average molecular weight is 253 g/mol. The second-order valence-corrected chi connectivity index (χ2v) is 4.52. The maximum absolute atomic E-state index is 5.72. The van der Waals surface area contributed by atoms with Gasteiger partial charge in [0, 0.05) is 5.69 Å². The summed E-state index contributed by atoms with van der Waals surface area (Å²) in [5, 5.41) is 3.25. The molecule has 3 rings (SSSR count). The molecule has 0 amide bonds. The molecule has 0 spiro atoms. The zero-order valence-electron chi connectivity index (χ0n) is 10.6. The van der Waals surface area contributed by atoms with Crippen molar-refractivity contribution in [1.29, 1.82) is 0 Å². The minimum absolute atomic E-state index is 0.131. The van der Waals surface area contributed by atoms with E-state index in [1.54, 1.807) is 12.1 Å². The van der Waals surface area contributed by atoms with E-state index >= 15 is 0 Å². The first-order valence-electron chi connectivity index (χ1n) is 6.20. The number of hydrogen-bond donors (Lipinski definition) is 2. The molecule has 0 aliphatic carbocycles. The molecule has 0 radical (unpaired) electrons. The lowest BCUT2D eigenvalue weighted by Crippen LogP contribution is -2.06. The topological polar surface area (TPSA) is 64.1 Å². The molecule has 2 aromatic carbocycles. The van der Waals surface area contributed by atoms with Gasteiger partial charge in [0.1, 0.15) is 5.52 Å². The Morgan fingerprint density at radius 1 is 1.16 bits per heavy atom. The van der Waals surface area contributed by atoms with E-state index in [4.69, 9.17) is 10.2 Å². The number of nitrogens with one attached hydrogen (secondary N) is 1. The van der Waals surface area contributed by atoms with E-state index in [2.05, 4.69) is 29.4 Å². The van der Waals surface area contributed by atoms with Gasteiger partial charge >= 0.3 is 0 Å². The van der Waals surface area contributed by atoms with E-state index < -0.39 is 0 Å². The molecule has 19 heavy (non-hydrogen) atoms. The van der Waals surface area contributed by atoms with Crippen molar-refractivity contribution in [2.24, 2.45) is 0 Å². The summed E-state index contributed by atoms with van der Waals surface area (Å²) in [4.78, 5) is 4.38. The van der Waals surface area contributed by atoms with Gasteiger partial charge in [-0.3, -0.25) is 0 Å². The Hall–Kier alpha value is -2.49. The fraction of sp³-hybridized carbons (Fsp3) is 0.133. The van der Waals surface area contributed by atoms with Gasteiger partial charge in [-0.2, -0.15) is 4.98 Å². The van der Waals surface area contributed by atoms with Gasteiger partial charge in [0.2, 0.25) is 0 Å². The Morgan fingerprint density at radius 3 is 2.74 bits per heavy atom. The third kappa shape index (κ3) is 2.38. The van der Waals surface area contributed by atoms with Gasteiger partial charge in [-0.1, -0.05) is 30.3 Å². The third-order valence-corrected chi connectivity index (χ3v) is 3.05. The van der Waals surface area contributed by atoms with Crippen molar-refractivity contribution >= 4 is 22.8 Å².